The van der Waals surface area contributed by atoms with Crippen molar-refractivity contribution in [3.05, 3.63) is 34.9 Å². The molecule has 0 aromatic carbocycles. The standard InChI is InChI=1S/C12H17N3O2/c1-7-5-11(9(3)16-7)8(2)13-6-12-14-10(4)17-15-12/h5,8,13H,6H2,1-4H3/t8-/m0/s1. The molecule has 1 N–H and O–H groups in total. The molecular formula is C12H17N3O2. The minimum Gasteiger partial charge on any atom is -0.466 e. The van der Waals surface area contributed by atoms with E-state index in [9.17, 15) is 0 Å². The summed E-state index contributed by atoms with van der Waals surface area (Å²) in [5, 5.41) is 7.17. The molecule has 0 saturated heterocycles. The molecule has 0 aliphatic heterocycles. The molecule has 0 aliphatic carbocycles. The van der Waals surface area contributed by atoms with E-state index in [-0.39, 0.29) is 6.04 Å². The van der Waals surface area contributed by atoms with Crippen LogP contribution in [0.3, 0.4) is 0 Å². The van der Waals surface area contributed by atoms with E-state index in [0.717, 1.165) is 11.5 Å². The van der Waals surface area contributed by atoms with Crippen molar-refractivity contribution in [1.29, 1.82) is 0 Å². The zero-order chi connectivity index (χ0) is 12.4. The maximum Gasteiger partial charge on any atom is 0.223 e. The van der Waals surface area contributed by atoms with Gasteiger partial charge in [0.1, 0.15) is 11.5 Å². The summed E-state index contributed by atoms with van der Waals surface area (Å²) in [4.78, 5) is 4.14. The molecule has 0 saturated carbocycles. The van der Waals surface area contributed by atoms with Crippen LogP contribution in [-0.4, -0.2) is 10.1 Å². The Kier molecular flexibility index (Phi) is 3.28. The van der Waals surface area contributed by atoms with Crippen molar-refractivity contribution in [1.82, 2.24) is 15.5 Å². The van der Waals surface area contributed by atoms with Gasteiger partial charge in [-0.1, -0.05) is 5.16 Å². The fraction of sp³-hybridized carbons (Fsp3) is 0.500. The molecule has 0 spiro atoms. The van der Waals surface area contributed by atoms with Gasteiger partial charge in [0, 0.05) is 18.5 Å². The minimum atomic E-state index is 0.200. The van der Waals surface area contributed by atoms with Gasteiger partial charge >= 0.3 is 0 Å². The summed E-state index contributed by atoms with van der Waals surface area (Å²) in [7, 11) is 0. The predicted octanol–water partition coefficient (Wildman–Crippen LogP) is 2.44. The predicted molar refractivity (Wildman–Crippen MR) is 62.5 cm³/mol. The first-order valence-corrected chi connectivity index (χ1v) is 5.65. The first-order chi connectivity index (χ1) is 8.06. The lowest BCUT2D eigenvalue weighted by atomic mass is 10.1. The number of aryl methyl sites for hydroxylation is 3. The van der Waals surface area contributed by atoms with Crippen LogP contribution in [0.2, 0.25) is 0 Å². The Hall–Kier alpha value is -1.62. The Morgan fingerprint density at radius 3 is 2.65 bits per heavy atom. The van der Waals surface area contributed by atoms with Gasteiger partial charge in [-0.2, -0.15) is 4.98 Å². The van der Waals surface area contributed by atoms with Crippen molar-refractivity contribution in [2.75, 3.05) is 0 Å². The average molecular weight is 235 g/mol. The first-order valence-electron chi connectivity index (χ1n) is 5.65. The van der Waals surface area contributed by atoms with Gasteiger partial charge in [-0.15, -0.1) is 0 Å². The van der Waals surface area contributed by atoms with E-state index in [2.05, 4.69) is 28.4 Å². The number of furan rings is 1. The van der Waals surface area contributed by atoms with Gasteiger partial charge in [-0.25, -0.2) is 0 Å². The summed E-state index contributed by atoms with van der Waals surface area (Å²) in [5.74, 6) is 3.14. The van der Waals surface area contributed by atoms with Crippen molar-refractivity contribution in [3.8, 4) is 0 Å². The van der Waals surface area contributed by atoms with Crippen LogP contribution in [0.4, 0.5) is 0 Å². The topological polar surface area (TPSA) is 64.1 Å². The SMILES string of the molecule is Cc1cc([C@H](C)NCc2noc(C)n2)c(C)o1. The van der Waals surface area contributed by atoms with Gasteiger partial charge in [0.25, 0.3) is 0 Å². The summed E-state index contributed by atoms with van der Waals surface area (Å²) >= 11 is 0. The molecule has 1 atom stereocenters. The molecule has 5 heteroatoms. The van der Waals surface area contributed by atoms with Crippen LogP contribution in [0.15, 0.2) is 15.0 Å². The molecule has 5 nitrogen and oxygen atoms in total. The Bertz CT molecular complexity index is 502. The van der Waals surface area contributed by atoms with E-state index < -0.39 is 0 Å². The zero-order valence-corrected chi connectivity index (χ0v) is 10.6. The third kappa shape index (κ3) is 2.74. The van der Waals surface area contributed by atoms with Crippen molar-refractivity contribution in [2.45, 2.75) is 40.3 Å². The van der Waals surface area contributed by atoms with E-state index in [4.69, 9.17) is 8.94 Å². The van der Waals surface area contributed by atoms with E-state index in [0.29, 0.717) is 18.3 Å². The van der Waals surface area contributed by atoms with Crippen LogP contribution >= 0.6 is 0 Å². The Morgan fingerprint density at radius 2 is 2.12 bits per heavy atom. The molecule has 2 rings (SSSR count). The molecule has 2 heterocycles. The number of nitrogens with zero attached hydrogens (tertiary/aromatic N) is 2. The lowest BCUT2D eigenvalue weighted by Gasteiger charge is -2.10. The van der Waals surface area contributed by atoms with Crippen LogP contribution in [-0.2, 0) is 6.54 Å². The molecule has 0 bridgehead atoms. The van der Waals surface area contributed by atoms with Crippen LogP contribution in [0.1, 0.15) is 41.8 Å². The van der Waals surface area contributed by atoms with Crippen molar-refractivity contribution in [2.24, 2.45) is 0 Å². The number of aromatic nitrogens is 2. The fourth-order valence-electron chi connectivity index (χ4n) is 1.85. The summed E-state index contributed by atoms with van der Waals surface area (Å²) in [6.07, 6.45) is 0. The van der Waals surface area contributed by atoms with Gasteiger partial charge in [0.15, 0.2) is 5.82 Å². The molecule has 2 aromatic heterocycles. The molecule has 92 valence electrons. The van der Waals surface area contributed by atoms with Crippen LogP contribution < -0.4 is 5.32 Å². The molecule has 17 heavy (non-hydrogen) atoms. The highest BCUT2D eigenvalue weighted by Crippen LogP contribution is 2.21. The summed E-state index contributed by atoms with van der Waals surface area (Å²) in [5.41, 5.74) is 1.17. The third-order valence-corrected chi connectivity index (χ3v) is 2.68. The van der Waals surface area contributed by atoms with E-state index in [1.807, 2.05) is 13.8 Å². The number of rotatable bonds is 4. The second-order valence-corrected chi connectivity index (χ2v) is 4.20. The normalized spacial score (nSPS) is 12.9. The molecule has 0 radical (unpaired) electrons. The van der Waals surface area contributed by atoms with Gasteiger partial charge in [-0.05, 0) is 26.8 Å². The highest BCUT2D eigenvalue weighted by atomic mass is 16.5. The van der Waals surface area contributed by atoms with E-state index in [1.165, 1.54) is 5.56 Å². The Morgan fingerprint density at radius 1 is 1.35 bits per heavy atom. The van der Waals surface area contributed by atoms with Gasteiger partial charge in [-0.3, -0.25) is 0 Å². The van der Waals surface area contributed by atoms with Gasteiger partial charge in [0.2, 0.25) is 5.89 Å². The third-order valence-electron chi connectivity index (χ3n) is 2.68. The second-order valence-electron chi connectivity index (χ2n) is 4.20. The van der Waals surface area contributed by atoms with Crippen LogP contribution in [0.25, 0.3) is 0 Å². The van der Waals surface area contributed by atoms with Crippen molar-refractivity contribution in [3.63, 3.8) is 0 Å². The highest BCUT2D eigenvalue weighted by Gasteiger charge is 2.13. The van der Waals surface area contributed by atoms with Gasteiger partial charge < -0.3 is 14.3 Å². The highest BCUT2D eigenvalue weighted by molar-refractivity contribution is 5.23. The second kappa shape index (κ2) is 4.71. The maximum atomic E-state index is 5.50. The molecule has 0 aliphatic rings. The summed E-state index contributed by atoms with van der Waals surface area (Å²) in [6, 6.07) is 2.25. The van der Waals surface area contributed by atoms with Crippen molar-refractivity contribution >= 4 is 0 Å². The van der Waals surface area contributed by atoms with E-state index >= 15 is 0 Å². The quantitative estimate of drug-likeness (QED) is 0.881. The first kappa shape index (κ1) is 11.9. The lowest BCUT2D eigenvalue weighted by molar-refractivity contribution is 0.384. The summed E-state index contributed by atoms with van der Waals surface area (Å²) < 4.78 is 10.4. The molecular weight excluding hydrogens is 218 g/mol. The molecule has 0 unspecified atom stereocenters. The average Bonchev–Trinajstić information content (AvgIpc) is 2.81. The summed E-state index contributed by atoms with van der Waals surface area (Å²) in [6.45, 7) is 8.38. The molecule has 0 amide bonds. The maximum absolute atomic E-state index is 5.50. The Labute approximate surface area is 100 Å². The van der Waals surface area contributed by atoms with Crippen LogP contribution in [0, 0.1) is 20.8 Å². The van der Waals surface area contributed by atoms with E-state index in [1.54, 1.807) is 6.92 Å². The minimum absolute atomic E-state index is 0.200. The monoisotopic (exact) mass is 235 g/mol. The smallest absolute Gasteiger partial charge is 0.223 e. The van der Waals surface area contributed by atoms with Crippen LogP contribution in [0.5, 0.6) is 0 Å². The largest absolute Gasteiger partial charge is 0.466 e. The molecule has 0 fully saturated rings. The Balaban J connectivity index is 1.97. The fourth-order valence-corrected chi connectivity index (χ4v) is 1.85. The number of hydrogen-bond donors (Lipinski definition) is 1. The molecule has 2 aromatic rings. The number of hydrogen-bond acceptors (Lipinski definition) is 5. The lowest BCUT2D eigenvalue weighted by Crippen LogP contribution is -2.19. The number of nitrogens with one attached hydrogen (secondary N) is 1. The van der Waals surface area contributed by atoms with Crippen molar-refractivity contribution < 1.29 is 8.94 Å². The van der Waals surface area contributed by atoms with Gasteiger partial charge in [0.05, 0.1) is 6.54 Å². The zero-order valence-electron chi connectivity index (χ0n) is 10.6.